The van der Waals surface area contributed by atoms with Crippen LogP contribution in [0.3, 0.4) is 0 Å². The summed E-state index contributed by atoms with van der Waals surface area (Å²) in [5, 5.41) is 9.97. The number of aromatic nitrogens is 1. The molecule has 6 nitrogen and oxygen atoms in total. The van der Waals surface area contributed by atoms with Crippen molar-refractivity contribution in [3.05, 3.63) is 11.8 Å². The number of nitrogens with one attached hydrogen (secondary N) is 2. The smallest absolute Gasteiger partial charge is 0.240 e. The molecule has 2 N–H and O–H groups in total. The molecule has 0 aromatic carbocycles. The highest BCUT2D eigenvalue weighted by Gasteiger charge is 2.19. The lowest BCUT2D eigenvalue weighted by molar-refractivity contribution is -0.117. The number of rotatable bonds is 7. The molecule has 0 radical (unpaired) electrons. The molecule has 112 valence electrons. The summed E-state index contributed by atoms with van der Waals surface area (Å²) < 4.78 is 5.00. The normalized spacial score (nSPS) is 18.6. The van der Waals surface area contributed by atoms with Gasteiger partial charge in [-0.2, -0.15) is 0 Å². The first-order valence-electron chi connectivity index (χ1n) is 7.36. The van der Waals surface area contributed by atoms with Crippen LogP contribution in [0.5, 0.6) is 0 Å². The van der Waals surface area contributed by atoms with E-state index in [1.807, 2.05) is 6.92 Å². The van der Waals surface area contributed by atoms with E-state index in [0.29, 0.717) is 18.5 Å². The van der Waals surface area contributed by atoms with Gasteiger partial charge in [0, 0.05) is 18.7 Å². The molecule has 2 rings (SSSR count). The van der Waals surface area contributed by atoms with Crippen molar-refractivity contribution >= 4 is 11.8 Å². The number of aryl methyl sites for hydroxylation is 1. The van der Waals surface area contributed by atoms with Crippen LogP contribution in [-0.2, 0) is 4.79 Å². The lowest BCUT2D eigenvalue weighted by Crippen LogP contribution is -2.41. The van der Waals surface area contributed by atoms with Gasteiger partial charge in [0.1, 0.15) is 0 Å². The maximum atomic E-state index is 12.0. The summed E-state index contributed by atoms with van der Waals surface area (Å²) in [6.07, 6.45) is 3.47. The van der Waals surface area contributed by atoms with Crippen molar-refractivity contribution in [3.63, 3.8) is 0 Å². The van der Waals surface area contributed by atoms with Gasteiger partial charge in [0.15, 0.2) is 0 Å². The van der Waals surface area contributed by atoms with E-state index in [0.717, 1.165) is 31.7 Å². The molecule has 2 heterocycles. The highest BCUT2D eigenvalue weighted by molar-refractivity contribution is 5.90. The van der Waals surface area contributed by atoms with Gasteiger partial charge in [0.05, 0.1) is 12.2 Å². The van der Waals surface area contributed by atoms with Crippen LogP contribution in [0, 0.1) is 6.92 Å². The third kappa shape index (κ3) is 4.61. The minimum absolute atomic E-state index is 0.0485. The van der Waals surface area contributed by atoms with Crippen LogP contribution in [0.25, 0.3) is 0 Å². The average Bonchev–Trinajstić information content (AvgIpc) is 3.01. The number of nitrogens with zero attached hydrogens (tertiary/aromatic N) is 2. The van der Waals surface area contributed by atoms with E-state index in [1.54, 1.807) is 6.07 Å². The molecule has 1 atom stereocenters. The Bertz CT molecular complexity index is 427. The zero-order chi connectivity index (χ0) is 14.4. The van der Waals surface area contributed by atoms with Crippen molar-refractivity contribution in [2.24, 2.45) is 0 Å². The summed E-state index contributed by atoms with van der Waals surface area (Å²) in [6.45, 7) is 7.30. The van der Waals surface area contributed by atoms with Crippen molar-refractivity contribution < 1.29 is 9.32 Å². The molecule has 1 aliphatic heterocycles. The van der Waals surface area contributed by atoms with Crippen molar-refractivity contribution in [1.82, 2.24) is 15.4 Å². The summed E-state index contributed by atoms with van der Waals surface area (Å²) in [6, 6.07) is 2.24. The maximum absolute atomic E-state index is 12.0. The number of anilines is 1. The van der Waals surface area contributed by atoms with E-state index in [-0.39, 0.29) is 5.91 Å². The second-order valence-electron chi connectivity index (χ2n) is 5.41. The quantitative estimate of drug-likeness (QED) is 0.789. The molecule has 1 fully saturated rings. The third-order valence-electron chi connectivity index (χ3n) is 3.44. The predicted molar refractivity (Wildman–Crippen MR) is 77.6 cm³/mol. The molecule has 1 aliphatic rings. The number of carbonyl (C=O) groups is 1. The number of amides is 1. The standard InChI is InChI=1S/C14H24N4O2/c1-3-7-18(9-12-5-4-6-15-12)10-13(19)16-14-8-11(2)17-20-14/h8,12,15H,3-7,9-10H2,1-2H3,(H,16,19). The predicted octanol–water partition coefficient (Wildman–Crippen LogP) is 1.39. The number of carbonyl (C=O) groups excluding carboxylic acids is 1. The highest BCUT2D eigenvalue weighted by atomic mass is 16.5. The zero-order valence-electron chi connectivity index (χ0n) is 12.3. The largest absolute Gasteiger partial charge is 0.338 e. The average molecular weight is 280 g/mol. The molecule has 1 aromatic heterocycles. The van der Waals surface area contributed by atoms with E-state index in [2.05, 4.69) is 27.6 Å². The molecule has 0 bridgehead atoms. The Morgan fingerprint density at radius 3 is 3.10 bits per heavy atom. The maximum Gasteiger partial charge on any atom is 0.240 e. The fourth-order valence-corrected chi connectivity index (χ4v) is 2.58. The van der Waals surface area contributed by atoms with Gasteiger partial charge in [-0.25, -0.2) is 0 Å². The molecule has 6 heteroatoms. The Hall–Kier alpha value is -1.40. The molecule has 1 aromatic rings. The van der Waals surface area contributed by atoms with Crippen LogP contribution in [-0.4, -0.2) is 48.2 Å². The van der Waals surface area contributed by atoms with E-state index < -0.39 is 0 Å². The Balaban J connectivity index is 1.81. The van der Waals surface area contributed by atoms with E-state index in [4.69, 9.17) is 4.52 Å². The van der Waals surface area contributed by atoms with Crippen LogP contribution in [0.15, 0.2) is 10.6 Å². The van der Waals surface area contributed by atoms with Crippen LogP contribution < -0.4 is 10.6 Å². The SMILES string of the molecule is CCCN(CC(=O)Nc1cc(C)no1)CC1CCCN1. The van der Waals surface area contributed by atoms with Gasteiger partial charge in [-0.15, -0.1) is 0 Å². The van der Waals surface area contributed by atoms with Crippen molar-refractivity contribution in [1.29, 1.82) is 0 Å². The molecule has 1 unspecified atom stereocenters. The van der Waals surface area contributed by atoms with Gasteiger partial charge in [-0.3, -0.25) is 15.0 Å². The van der Waals surface area contributed by atoms with Crippen LogP contribution in [0.1, 0.15) is 31.9 Å². The summed E-state index contributed by atoms with van der Waals surface area (Å²) >= 11 is 0. The fourth-order valence-electron chi connectivity index (χ4n) is 2.58. The third-order valence-corrected chi connectivity index (χ3v) is 3.44. The monoisotopic (exact) mass is 280 g/mol. The number of hydrogen-bond acceptors (Lipinski definition) is 5. The summed E-state index contributed by atoms with van der Waals surface area (Å²) in [4.78, 5) is 14.2. The lowest BCUT2D eigenvalue weighted by Gasteiger charge is -2.24. The van der Waals surface area contributed by atoms with Gasteiger partial charge < -0.3 is 9.84 Å². The molecule has 0 aliphatic carbocycles. The summed E-state index contributed by atoms with van der Waals surface area (Å²) in [5.41, 5.74) is 0.765. The van der Waals surface area contributed by atoms with E-state index >= 15 is 0 Å². The Morgan fingerprint density at radius 1 is 1.65 bits per heavy atom. The van der Waals surface area contributed by atoms with Crippen LogP contribution in [0.2, 0.25) is 0 Å². The van der Waals surface area contributed by atoms with Gasteiger partial charge in [-0.1, -0.05) is 12.1 Å². The van der Waals surface area contributed by atoms with Gasteiger partial charge in [0.2, 0.25) is 11.8 Å². The minimum Gasteiger partial charge on any atom is -0.338 e. The first-order valence-corrected chi connectivity index (χ1v) is 7.36. The molecule has 20 heavy (non-hydrogen) atoms. The Labute approximate surface area is 119 Å². The lowest BCUT2D eigenvalue weighted by atomic mass is 10.2. The first kappa shape index (κ1) is 15.0. The van der Waals surface area contributed by atoms with Crippen LogP contribution in [0.4, 0.5) is 5.88 Å². The Kier molecular flexibility index (Phi) is 5.55. The van der Waals surface area contributed by atoms with Crippen molar-refractivity contribution in [3.8, 4) is 0 Å². The molecule has 1 saturated heterocycles. The summed E-state index contributed by atoms with van der Waals surface area (Å²) in [7, 11) is 0. The first-order chi connectivity index (χ1) is 9.67. The molecule has 1 amide bonds. The molecular weight excluding hydrogens is 256 g/mol. The fraction of sp³-hybridized carbons (Fsp3) is 0.714. The zero-order valence-corrected chi connectivity index (χ0v) is 12.3. The van der Waals surface area contributed by atoms with Gasteiger partial charge in [0.25, 0.3) is 0 Å². The van der Waals surface area contributed by atoms with Crippen LogP contribution >= 0.6 is 0 Å². The molecule has 0 saturated carbocycles. The van der Waals surface area contributed by atoms with Gasteiger partial charge >= 0.3 is 0 Å². The number of hydrogen-bond donors (Lipinski definition) is 2. The topological polar surface area (TPSA) is 70.4 Å². The highest BCUT2D eigenvalue weighted by Crippen LogP contribution is 2.10. The van der Waals surface area contributed by atoms with E-state index in [9.17, 15) is 4.79 Å². The molecular formula is C14H24N4O2. The summed E-state index contributed by atoms with van der Waals surface area (Å²) in [5.74, 6) is 0.371. The second kappa shape index (κ2) is 7.40. The Morgan fingerprint density at radius 2 is 2.50 bits per heavy atom. The minimum atomic E-state index is -0.0485. The molecule has 0 spiro atoms. The van der Waals surface area contributed by atoms with Crippen molar-refractivity contribution in [2.45, 2.75) is 39.2 Å². The second-order valence-corrected chi connectivity index (χ2v) is 5.41. The van der Waals surface area contributed by atoms with Crippen molar-refractivity contribution in [2.75, 3.05) is 31.5 Å². The van der Waals surface area contributed by atoms with Gasteiger partial charge in [-0.05, 0) is 39.3 Å². The van der Waals surface area contributed by atoms with E-state index in [1.165, 1.54) is 12.8 Å².